The van der Waals surface area contributed by atoms with Crippen LogP contribution in [-0.4, -0.2) is 23.1 Å². The fourth-order valence-corrected chi connectivity index (χ4v) is 1.31. The molecule has 0 saturated heterocycles. The van der Waals surface area contributed by atoms with E-state index in [0.717, 1.165) is 6.42 Å². The van der Waals surface area contributed by atoms with E-state index >= 15 is 0 Å². The van der Waals surface area contributed by atoms with Crippen LogP contribution < -0.4 is 24.0 Å². The number of hydrogen-bond acceptors (Lipinski definition) is 0. The van der Waals surface area contributed by atoms with Crippen molar-refractivity contribution in [2.45, 2.75) is 64.7 Å². The zero-order chi connectivity index (χ0) is 8.36. The summed E-state index contributed by atoms with van der Waals surface area (Å²) >= 11 is 0. The molecule has 0 aliphatic rings. The molecule has 0 fully saturated rings. The van der Waals surface area contributed by atoms with Crippen molar-refractivity contribution >= 4 is 23.1 Å². The smallest absolute Gasteiger partial charge is 1.00 e. The molecule has 0 aliphatic carbocycles. The second-order valence-electron chi connectivity index (χ2n) is 3.33. The van der Waals surface area contributed by atoms with Crippen molar-refractivity contribution in [3.63, 3.8) is 0 Å². The van der Waals surface area contributed by atoms with Crippen molar-refractivity contribution < 1.29 is 24.0 Å². The van der Waals surface area contributed by atoms with Crippen LogP contribution in [0.15, 0.2) is 0 Å². The van der Waals surface area contributed by atoms with Crippen molar-refractivity contribution in [2.24, 2.45) is 0 Å². The number of halogens is 1. The molecule has 2 heteroatoms. The first-order valence-electron chi connectivity index (χ1n) is 5.21. The Kier molecular flexibility index (Phi) is 29.4. The molecular weight excluding hydrogens is 283 g/mol. The fraction of sp³-hybridized carbons (Fsp3) is 0.909. The maximum absolute atomic E-state index is 3.83. The molecule has 0 nitrogen and oxygen atoms in total. The first-order valence-corrected chi connectivity index (χ1v) is 5.21. The molecule has 0 aromatic rings. The molecular formula is C11H23IMg. The van der Waals surface area contributed by atoms with Gasteiger partial charge in [0.2, 0.25) is 0 Å². The van der Waals surface area contributed by atoms with Gasteiger partial charge in [-0.15, -0.1) is 0 Å². The molecule has 0 saturated carbocycles. The predicted molar refractivity (Wildman–Crippen MR) is 58.3 cm³/mol. The van der Waals surface area contributed by atoms with Gasteiger partial charge in [0.05, 0.1) is 0 Å². The van der Waals surface area contributed by atoms with Gasteiger partial charge in [-0.05, 0) is 0 Å². The second kappa shape index (κ2) is 19.1. The van der Waals surface area contributed by atoms with E-state index in [0.29, 0.717) is 0 Å². The van der Waals surface area contributed by atoms with E-state index in [1.807, 2.05) is 0 Å². The molecule has 0 N–H and O–H groups in total. The largest absolute Gasteiger partial charge is 2.00 e. The van der Waals surface area contributed by atoms with Gasteiger partial charge in [0.1, 0.15) is 0 Å². The summed E-state index contributed by atoms with van der Waals surface area (Å²) in [5.74, 6) is 0. The summed E-state index contributed by atoms with van der Waals surface area (Å²) in [5.41, 5.74) is 0. The summed E-state index contributed by atoms with van der Waals surface area (Å²) in [6.45, 7) is 6.10. The molecule has 76 valence electrons. The van der Waals surface area contributed by atoms with Crippen LogP contribution in [0.3, 0.4) is 0 Å². The number of hydrogen-bond donors (Lipinski definition) is 0. The molecule has 13 heavy (non-hydrogen) atoms. The van der Waals surface area contributed by atoms with Gasteiger partial charge < -0.3 is 30.9 Å². The van der Waals surface area contributed by atoms with Crippen molar-refractivity contribution in [1.29, 1.82) is 0 Å². The second-order valence-corrected chi connectivity index (χ2v) is 3.33. The molecule has 0 radical (unpaired) electrons. The van der Waals surface area contributed by atoms with Crippen molar-refractivity contribution in [2.75, 3.05) is 0 Å². The third kappa shape index (κ3) is 19.8. The molecule has 0 unspecified atom stereocenters. The minimum atomic E-state index is 0. The monoisotopic (exact) mass is 306 g/mol. The maximum Gasteiger partial charge on any atom is 2.00 e. The minimum absolute atomic E-state index is 0. The Labute approximate surface area is 118 Å². The standard InChI is InChI=1S/C11H23.HI.Mg/c1-3-5-7-9-11-10-8-6-4-2;;/h1,3-11H2,2H3;1H;/q-1;;+2/p-1. The SMILES string of the molecule is [CH2-]CCCCCCCCCC.[I-].[Mg+2]. The third-order valence-electron chi connectivity index (χ3n) is 2.10. The van der Waals surface area contributed by atoms with Gasteiger partial charge in [-0.25, -0.2) is 0 Å². The third-order valence-corrected chi connectivity index (χ3v) is 2.10. The first kappa shape index (κ1) is 20.0. The Morgan fingerprint density at radius 3 is 1.54 bits per heavy atom. The van der Waals surface area contributed by atoms with Crippen LogP contribution in [0.5, 0.6) is 0 Å². The number of unbranched alkanes of at least 4 members (excludes halogenated alkanes) is 8. The van der Waals surface area contributed by atoms with E-state index in [1.54, 1.807) is 0 Å². The van der Waals surface area contributed by atoms with Gasteiger partial charge >= 0.3 is 23.1 Å². The minimum Gasteiger partial charge on any atom is -1.00 e. The Bertz CT molecular complexity index is 59.1. The molecule has 0 atom stereocenters. The zero-order valence-electron chi connectivity index (χ0n) is 9.16. The van der Waals surface area contributed by atoms with Gasteiger partial charge in [0.15, 0.2) is 0 Å². The zero-order valence-corrected chi connectivity index (χ0v) is 12.7. The molecule has 0 rings (SSSR count). The summed E-state index contributed by atoms with van der Waals surface area (Å²) in [6, 6.07) is 0. The summed E-state index contributed by atoms with van der Waals surface area (Å²) in [6.07, 6.45) is 12.4. The molecule has 0 aliphatic heterocycles. The molecule has 0 aromatic carbocycles. The Morgan fingerprint density at radius 2 is 1.15 bits per heavy atom. The van der Waals surface area contributed by atoms with Crippen LogP contribution in [-0.2, 0) is 0 Å². The van der Waals surface area contributed by atoms with Crippen LogP contribution in [0, 0.1) is 6.92 Å². The summed E-state index contributed by atoms with van der Waals surface area (Å²) < 4.78 is 0. The van der Waals surface area contributed by atoms with E-state index in [-0.39, 0.29) is 47.0 Å². The maximum atomic E-state index is 3.83. The van der Waals surface area contributed by atoms with Gasteiger partial charge in [-0.3, -0.25) is 0 Å². The van der Waals surface area contributed by atoms with Crippen molar-refractivity contribution in [1.82, 2.24) is 0 Å². The first-order chi connectivity index (χ1) is 5.41. The fourth-order valence-electron chi connectivity index (χ4n) is 1.31. The van der Waals surface area contributed by atoms with Gasteiger partial charge in [-0.2, -0.15) is 6.42 Å². The van der Waals surface area contributed by atoms with Crippen LogP contribution in [0.1, 0.15) is 64.7 Å². The Hall–Kier alpha value is 1.50. The van der Waals surface area contributed by atoms with Gasteiger partial charge in [-0.1, -0.05) is 58.3 Å². The quantitative estimate of drug-likeness (QED) is 0.271. The van der Waals surface area contributed by atoms with Crippen LogP contribution >= 0.6 is 0 Å². The van der Waals surface area contributed by atoms with Crippen LogP contribution in [0.25, 0.3) is 0 Å². The van der Waals surface area contributed by atoms with E-state index in [1.165, 1.54) is 51.4 Å². The average Bonchev–Trinajstić information content (AvgIpc) is 2.03. The van der Waals surface area contributed by atoms with E-state index in [9.17, 15) is 0 Å². The van der Waals surface area contributed by atoms with E-state index in [2.05, 4.69) is 13.8 Å². The topological polar surface area (TPSA) is 0 Å². The average molecular weight is 307 g/mol. The Balaban J connectivity index is -0.000000500. The molecule has 0 bridgehead atoms. The summed E-state index contributed by atoms with van der Waals surface area (Å²) in [5, 5.41) is 0. The van der Waals surface area contributed by atoms with Crippen LogP contribution in [0.4, 0.5) is 0 Å². The van der Waals surface area contributed by atoms with E-state index < -0.39 is 0 Å². The molecule has 0 amide bonds. The molecule has 0 heterocycles. The molecule has 0 aromatic heterocycles. The summed E-state index contributed by atoms with van der Waals surface area (Å²) in [7, 11) is 0. The predicted octanol–water partition coefficient (Wildman–Crippen LogP) is 0.974. The van der Waals surface area contributed by atoms with E-state index in [4.69, 9.17) is 0 Å². The van der Waals surface area contributed by atoms with Crippen molar-refractivity contribution in [3.05, 3.63) is 6.92 Å². The van der Waals surface area contributed by atoms with Gasteiger partial charge in [0.25, 0.3) is 0 Å². The van der Waals surface area contributed by atoms with Crippen LogP contribution in [0.2, 0.25) is 0 Å². The Morgan fingerprint density at radius 1 is 0.769 bits per heavy atom. The molecule has 0 spiro atoms. The normalized spacial score (nSPS) is 8.77. The van der Waals surface area contributed by atoms with Gasteiger partial charge in [0, 0.05) is 0 Å². The van der Waals surface area contributed by atoms with Crippen molar-refractivity contribution in [3.8, 4) is 0 Å². The summed E-state index contributed by atoms with van der Waals surface area (Å²) in [4.78, 5) is 0. The number of rotatable bonds is 8.